The van der Waals surface area contributed by atoms with Gasteiger partial charge in [-0.1, -0.05) is 18.2 Å². The number of amides is 1. The van der Waals surface area contributed by atoms with Crippen molar-refractivity contribution in [2.24, 2.45) is 0 Å². The minimum atomic E-state index is -0.288. The monoisotopic (exact) mass is 355 g/mol. The number of likely N-dealkylation sites (N-methyl/N-ethyl adjacent to an activating group) is 1. The van der Waals surface area contributed by atoms with Gasteiger partial charge in [-0.05, 0) is 19.1 Å². The molecule has 26 heavy (non-hydrogen) atoms. The van der Waals surface area contributed by atoms with Crippen molar-refractivity contribution < 1.29 is 14.3 Å². The number of benzene rings is 1. The maximum absolute atomic E-state index is 11.9. The fourth-order valence-electron chi connectivity index (χ4n) is 3.96. The fourth-order valence-corrected chi connectivity index (χ4v) is 3.96. The molecule has 0 unspecified atom stereocenters. The van der Waals surface area contributed by atoms with Crippen LogP contribution in [0.3, 0.4) is 0 Å². The number of nitrogens with zero attached hydrogens (tertiary/aromatic N) is 3. The SMILES string of the molecule is CCN1CC2(CCN(Cc3ccc4cccc(OC)c4n3)CC2)OC1=O. The third-order valence-electron chi connectivity index (χ3n) is 5.54. The molecule has 0 saturated carbocycles. The van der Waals surface area contributed by atoms with Crippen LogP contribution in [0, 0.1) is 0 Å². The average Bonchev–Trinajstić information content (AvgIpc) is 2.98. The van der Waals surface area contributed by atoms with Gasteiger partial charge in [0.2, 0.25) is 0 Å². The van der Waals surface area contributed by atoms with Gasteiger partial charge in [-0.15, -0.1) is 0 Å². The number of carbonyl (C=O) groups excluding carboxylic acids is 1. The third kappa shape index (κ3) is 3.09. The molecule has 2 aliphatic rings. The first-order valence-electron chi connectivity index (χ1n) is 9.25. The van der Waals surface area contributed by atoms with Gasteiger partial charge < -0.3 is 14.4 Å². The fraction of sp³-hybridized carbons (Fsp3) is 0.500. The molecule has 1 aromatic carbocycles. The summed E-state index contributed by atoms with van der Waals surface area (Å²) in [6.45, 7) is 6.06. The highest BCUT2D eigenvalue weighted by Crippen LogP contribution is 2.33. The van der Waals surface area contributed by atoms with E-state index in [1.807, 2.05) is 25.1 Å². The van der Waals surface area contributed by atoms with E-state index in [0.717, 1.165) is 61.4 Å². The largest absolute Gasteiger partial charge is 0.494 e. The van der Waals surface area contributed by atoms with Crippen LogP contribution < -0.4 is 4.74 Å². The molecule has 6 nitrogen and oxygen atoms in total. The summed E-state index contributed by atoms with van der Waals surface area (Å²) in [4.78, 5) is 20.9. The normalized spacial score (nSPS) is 19.9. The molecule has 0 radical (unpaired) electrons. The Hall–Kier alpha value is -2.34. The lowest BCUT2D eigenvalue weighted by Gasteiger charge is -2.37. The molecule has 2 saturated heterocycles. The summed E-state index contributed by atoms with van der Waals surface area (Å²) >= 11 is 0. The summed E-state index contributed by atoms with van der Waals surface area (Å²) in [5.41, 5.74) is 1.66. The van der Waals surface area contributed by atoms with E-state index >= 15 is 0 Å². The van der Waals surface area contributed by atoms with Crippen molar-refractivity contribution in [2.75, 3.05) is 33.3 Å². The average molecular weight is 355 g/mol. The minimum Gasteiger partial charge on any atom is -0.494 e. The van der Waals surface area contributed by atoms with Gasteiger partial charge in [0.15, 0.2) is 0 Å². The molecule has 1 aromatic heterocycles. The Balaban J connectivity index is 1.43. The number of likely N-dealkylation sites (tertiary alicyclic amines) is 1. The number of pyridine rings is 1. The Morgan fingerprint density at radius 2 is 2.04 bits per heavy atom. The summed E-state index contributed by atoms with van der Waals surface area (Å²) in [6, 6.07) is 10.2. The first kappa shape index (κ1) is 17.1. The number of para-hydroxylation sites is 1. The highest BCUT2D eigenvalue weighted by molar-refractivity contribution is 5.84. The smallest absolute Gasteiger partial charge is 0.410 e. The molecule has 0 N–H and O–H groups in total. The topological polar surface area (TPSA) is 54.9 Å². The molecule has 2 aliphatic heterocycles. The summed E-state index contributed by atoms with van der Waals surface area (Å²) < 4.78 is 11.1. The Labute approximate surface area is 153 Å². The lowest BCUT2D eigenvalue weighted by molar-refractivity contribution is -0.00148. The van der Waals surface area contributed by atoms with Crippen molar-refractivity contribution in [1.82, 2.24) is 14.8 Å². The molecule has 0 bridgehead atoms. The van der Waals surface area contributed by atoms with E-state index in [-0.39, 0.29) is 11.7 Å². The van der Waals surface area contributed by atoms with Gasteiger partial charge in [-0.3, -0.25) is 4.90 Å². The van der Waals surface area contributed by atoms with Crippen molar-refractivity contribution in [3.8, 4) is 5.75 Å². The first-order valence-corrected chi connectivity index (χ1v) is 9.25. The van der Waals surface area contributed by atoms with Gasteiger partial charge in [-0.25, -0.2) is 9.78 Å². The second-order valence-corrected chi connectivity index (χ2v) is 7.18. The van der Waals surface area contributed by atoms with Gasteiger partial charge in [0.1, 0.15) is 16.9 Å². The van der Waals surface area contributed by atoms with Gasteiger partial charge in [0.05, 0.1) is 19.3 Å². The predicted octanol–water partition coefficient (Wildman–Crippen LogP) is 3.05. The second-order valence-electron chi connectivity index (χ2n) is 7.18. The maximum atomic E-state index is 11.9. The Morgan fingerprint density at radius 3 is 2.73 bits per heavy atom. The van der Waals surface area contributed by atoms with Crippen LogP contribution in [0.25, 0.3) is 10.9 Å². The van der Waals surface area contributed by atoms with Gasteiger partial charge in [0.25, 0.3) is 0 Å². The molecule has 1 amide bonds. The number of carbonyl (C=O) groups is 1. The summed E-state index contributed by atoms with van der Waals surface area (Å²) in [5, 5.41) is 1.09. The molecule has 4 rings (SSSR count). The molecule has 2 fully saturated rings. The minimum absolute atomic E-state index is 0.163. The highest BCUT2D eigenvalue weighted by Gasteiger charge is 2.46. The molecule has 3 heterocycles. The molecular formula is C20H25N3O3. The third-order valence-corrected chi connectivity index (χ3v) is 5.54. The number of hydrogen-bond acceptors (Lipinski definition) is 5. The molecule has 0 aliphatic carbocycles. The summed E-state index contributed by atoms with van der Waals surface area (Å²) in [7, 11) is 1.68. The van der Waals surface area contributed by atoms with Crippen LogP contribution in [0.5, 0.6) is 5.75 Å². The van der Waals surface area contributed by atoms with E-state index < -0.39 is 0 Å². The van der Waals surface area contributed by atoms with Gasteiger partial charge in [-0.2, -0.15) is 0 Å². The van der Waals surface area contributed by atoms with Gasteiger partial charge in [0, 0.05) is 44.4 Å². The predicted molar refractivity (Wildman–Crippen MR) is 99.3 cm³/mol. The van der Waals surface area contributed by atoms with E-state index in [4.69, 9.17) is 14.5 Å². The maximum Gasteiger partial charge on any atom is 0.410 e. The molecule has 6 heteroatoms. The Kier molecular flexibility index (Phi) is 4.44. The number of aromatic nitrogens is 1. The van der Waals surface area contributed by atoms with Crippen LogP contribution in [0.4, 0.5) is 4.79 Å². The van der Waals surface area contributed by atoms with Crippen molar-refractivity contribution >= 4 is 17.0 Å². The number of methoxy groups -OCH3 is 1. The number of hydrogen-bond donors (Lipinski definition) is 0. The van der Waals surface area contributed by atoms with Gasteiger partial charge >= 0.3 is 6.09 Å². The summed E-state index contributed by atoms with van der Waals surface area (Å²) in [6.07, 6.45) is 1.60. The highest BCUT2D eigenvalue weighted by atomic mass is 16.6. The van der Waals surface area contributed by atoms with Crippen LogP contribution >= 0.6 is 0 Å². The molecular weight excluding hydrogens is 330 g/mol. The number of piperidine rings is 1. The van der Waals surface area contributed by atoms with Crippen LogP contribution in [-0.2, 0) is 11.3 Å². The number of fused-ring (bicyclic) bond motifs is 1. The number of rotatable bonds is 4. The second kappa shape index (κ2) is 6.76. The lowest BCUT2D eigenvalue weighted by Crippen LogP contribution is -2.46. The molecule has 0 atom stereocenters. The zero-order chi connectivity index (χ0) is 18.1. The van der Waals surface area contributed by atoms with Crippen LogP contribution in [0.15, 0.2) is 30.3 Å². The standard InChI is InChI=1S/C20H25N3O3/c1-3-23-14-20(26-19(23)24)9-11-22(12-10-20)13-16-8-7-15-5-4-6-17(25-2)18(15)21-16/h4-8H,3,9-14H2,1-2H3. The molecule has 1 spiro atoms. The quantitative estimate of drug-likeness (QED) is 0.844. The number of ether oxygens (including phenoxy) is 2. The van der Waals surface area contributed by atoms with Crippen molar-refractivity contribution in [2.45, 2.75) is 31.9 Å². The van der Waals surface area contributed by atoms with Crippen molar-refractivity contribution in [3.63, 3.8) is 0 Å². The Morgan fingerprint density at radius 1 is 1.23 bits per heavy atom. The van der Waals surface area contributed by atoms with Crippen molar-refractivity contribution in [3.05, 3.63) is 36.0 Å². The van der Waals surface area contributed by atoms with Crippen LogP contribution in [0.2, 0.25) is 0 Å². The van der Waals surface area contributed by atoms with Crippen LogP contribution in [0.1, 0.15) is 25.5 Å². The summed E-state index contributed by atoms with van der Waals surface area (Å²) in [5.74, 6) is 0.805. The van der Waals surface area contributed by atoms with Crippen LogP contribution in [-0.4, -0.2) is 59.8 Å². The molecule has 2 aromatic rings. The van der Waals surface area contributed by atoms with E-state index in [1.54, 1.807) is 12.0 Å². The van der Waals surface area contributed by atoms with E-state index in [1.165, 1.54) is 0 Å². The van der Waals surface area contributed by atoms with Crippen molar-refractivity contribution in [1.29, 1.82) is 0 Å². The Bertz CT molecular complexity index is 815. The zero-order valence-corrected chi connectivity index (χ0v) is 15.4. The lowest BCUT2D eigenvalue weighted by atomic mass is 9.91. The van der Waals surface area contributed by atoms with E-state index in [9.17, 15) is 4.79 Å². The first-order chi connectivity index (χ1) is 12.6. The molecule has 138 valence electrons. The van der Waals surface area contributed by atoms with E-state index in [0.29, 0.717) is 6.54 Å². The van der Waals surface area contributed by atoms with E-state index in [2.05, 4.69) is 17.0 Å². The zero-order valence-electron chi connectivity index (χ0n) is 15.4.